The number of carbonyl (C=O) groups excluding carboxylic acids is 1. The molecule has 7 nitrogen and oxygen atoms in total. The summed E-state index contributed by atoms with van der Waals surface area (Å²) in [6.45, 7) is 6.19. The number of aliphatic hydroxyl groups is 1. The van der Waals surface area contributed by atoms with E-state index in [2.05, 4.69) is 15.2 Å². The number of hydrogen-bond donors (Lipinski definition) is 3. The largest absolute Gasteiger partial charge is 0.392 e. The molecule has 5 rings (SSSR count). The molecule has 10 heteroatoms. The van der Waals surface area contributed by atoms with Gasteiger partial charge in [-0.3, -0.25) is 9.69 Å². The fourth-order valence-electron chi connectivity index (χ4n) is 4.97. The SMILES string of the molecule is Cc1[nH]c(C=C2C(=O)Nc3ccc(S(=O)(=O)Cc4c(Cl)cccc4Cl)cc32)c(C)c1CN1CC[C@@H](O)C1. The average Bonchev–Trinajstić information content (AvgIpc) is 3.48. The first-order chi connectivity index (χ1) is 17.5. The smallest absolute Gasteiger partial charge is 0.256 e. The van der Waals surface area contributed by atoms with Gasteiger partial charge in [-0.1, -0.05) is 29.3 Å². The molecule has 3 heterocycles. The predicted octanol–water partition coefficient (Wildman–Crippen LogP) is 4.97. The van der Waals surface area contributed by atoms with Crippen molar-refractivity contribution in [1.29, 1.82) is 0 Å². The number of halogens is 2. The molecule has 0 bridgehead atoms. The second-order valence-corrected chi connectivity index (χ2v) is 12.4. The van der Waals surface area contributed by atoms with E-state index in [0.29, 0.717) is 35.5 Å². The highest BCUT2D eigenvalue weighted by Gasteiger charge is 2.29. The molecule has 0 aliphatic carbocycles. The molecule has 0 unspecified atom stereocenters. The molecule has 1 amide bonds. The molecular weight excluding hydrogens is 533 g/mol. The first-order valence-corrected chi connectivity index (χ1v) is 14.4. The first kappa shape index (κ1) is 26.0. The van der Waals surface area contributed by atoms with Crippen molar-refractivity contribution in [2.75, 3.05) is 18.4 Å². The van der Waals surface area contributed by atoms with Crippen LogP contribution in [0.5, 0.6) is 0 Å². The highest BCUT2D eigenvalue weighted by atomic mass is 35.5. The average molecular weight is 561 g/mol. The Morgan fingerprint density at radius 1 is 1.14 bits per heavy atom. The van der Waals surface area contributed by atoms with Crippen LogP contribution >= 0.6 is 23.2 Å². The number of H-pyrrole nitrogens is 1. The van der Waals surface area contributed by atoms with Gasteiger partial charge in [-0.2, -0.15) is 0 Å². The molecule has 2 aliphatic heterocycles. The molecule has 2 aliphatic rings. The lowest BCUT2D eigenvalue weighted by molar-refractivity contribution is -0.110. The summed E-state index contributed by atoms with van der Waals surface area (Å²) < 4.78 is 26.5. The topological polar surface area (TPSA) is 102 Å². The van der Waals surface area contributed by atoms with E-state index in [9.17, 15) is 18.3 Å². The third kappa shape index (κ3) is 5.09. The number of benzene rings is 2. The molecular formula is C27H27Cl2N3O4S. The van der Waals surface area contributed by atoms with Crippen LogP contribution in [0.1, 0.15) is 40.1 Å². The number of sulfone groups is 1. The number of β-amino-alcohol motifs (C(OH)–C–C–N with tert-alkyl or cyclic N) is 1. The number of rotatable bonds is 6. The van der Waals surface area contributed by atoms with Crippen molar-refractivity contribution in [3.8, 4) is 0 Å². The third-order valence-corrected chi connectivity index (χ3v) is 9.43. The number of carbonyl (C=O) groups is 1. The summed E-state index contributed by atoms with van der Waals surface area (Å²) in [4.78, 5) is 18.5. The number of hydrogen-bond acceptors (Lipinski definition) is 5. The first-order valence-electron chi connectivity index (χ1n) is 11.9. The summed E-state index contributed by atoms with van der Waals surface area (Å²) in [5.41, 5.74) is 5.74. The normalized spacial score (nSPS) is 19.0. The van der Waals surface area contributed by atoms with Gasteiger partial charge in [-0.05, 0) is 67.8 Å². The van der Waals surface area contributed by atoms with Crippen molar-refractivity contribution in [2.45, 2.75) is 43.6 Å². The van der Waals surface area contributed by atoms with E-state index in [1.807, 2.05) is 13.8 Å². The number of nitrogens with one attached hydrogen (secondary N) is 2. The lowest BCUT2D eigenvalue weighted by atomic mass is 10.0. The summed E-state index contributed by atoms with van der Waals surface area (Å²) >= 11 is 12.4. The zero-order valence-electron chi connectivity index (χ0n) is 20.4. The maximum atomic E-state index is 13.3. The van der Waals surface area contributed by atoms with E-state index in [-0.39, 0.29) is 32.7 Å². The Bertz CT molecular complexity index is 1520. The number of aromatic amines is 1. The van der Waals surface area contributed by atoms with Crippen LogP contribution in [-0.2, 0) is 26.9 Å². The van der Waals surface area contributed by atoms with Crippen LogP contribution in [0.2, 0.25) is 10.0 Å². The Hall–Kier alpha value is -2.62. The Balaban J connectivity index is 1.48. The summed E-state index contributed by atoms with van der Waals surface area (Å²) in [6, 6.07) is 9.48. The fraction of sp³-hybridized carbons (Fsp3) is 0.296. The number of aliphatic hydroxyl groups excluding tert-OH is 1. The van der Waals surface area contributed by atoms with Gasteiger partial charge in [0.1, 0.15) is 0 Å². The molecule has 37 heavy (non-hydrogen) atoms. The second-order valence-electron chi connectivity index (χ2n) is 9.62. The van der Waals surface area contributed by atoms with E-state index in [1.54, 1.807) is 30.3 Å². The van der Waals surface area contributed by atoms with E-state index < -0.39 is 9.84 Å². The van der Waals surface area contributed by atoms with Gasteiger partial charge in [-0.15, -0.1) is 0 Å². The lowest BCUT2D eigenvalue weighted by Crippen LogP contribution is -2.22. The molecule has 3 aromatic rings. The highest BCUT2D eigenvalue weighted by Crippen LogP contribution is 2.37. The van der Waals surface area contributed by atoms with Gasteiger partial charge in [0.2, 0.25) is 0 Å². The van der Waals surface area contributed by atoms with Gasteiger partial charge in [0.05, 0.1) is 22.3 Å². The molecule has 0 radical (unpaired) electrons. The minimum atomic E-state index is -3.79. The molecule has 3 N–H and O–H groups in total. The molecule has 0 spiro atoms. The van der Waals surface area contributed by atoms with Crippen molar-refractivity contribution in [2.24, 2.45) is 0 Å². The molecule has 1 aromatic heterocycles. The highest BCUT2D eigenvalue weighted by molar-refractivity contribution is 7.90. The van der Waals surface area contributed by atoms with Crippen molar-refractivity contribution in [3.05, 3.63) is 80.1 Å². The minimum absolute atomic E-state index is 0.0808. The maximum absolute atomic E-state index is 13.3. The van der Waals surface area contributed by atoms with Crippen molar-refractivity contribution in [3.63, 3.8) is 0 Å². The van der Waals surface area contributed by atoms with E-state index >= 15 is 0 Å². The Labute approximate surface area is 226 Å². The van der Waals surface area contributed by atoms with Gasteiger partial charge in [0.15, 0.2) is 9.84 Å². The summed E-state index contributed by atoms with van der Waals surface area (Å²) in [5, 5.41) is 13.3. The standard InChI is InChI=1S/C27H27Cl2N3O4S/c1-15-21(13-32-9-8-17(33)12-32)16(2)30-26(15)11-20-19-10-18(6-7-25(19)31-27(20)34)37(35,36)14-22-23(28)4-3-5-24(22)29/h3-7,10-11,17,30,33H,8-9,12-14H2,1-2H3,(H,31,34)/t17-/m1/s1. The number of aryl methyl sites for hydroxylation is 1. The zero-order chi connectivity index (χ0) is 26.5. The van der Waals surface area contributed by atoms with Crippen LogP contribution in [0.3, 0.4) is 0 Å². The van der Waals surface area contributed by atoms with E-state index in [1.165, 1.54) is 12.1 Å². The Morgan fingerprint density at radius 2 is 1.86 bits per heavy atom. The summed E-state index contributed by atoms with van der Waals surface area (Å²) in [7, 11) is -3.79. The summed E-state index contributed by atoms with van der Waals surface area (Å²) in [5.74, 6) is -0.650. The second kappa shape index (κ2) is 9.93. The number of likely N-dealkylation sites (tertiary alicyclic amines) is 1. The van der Waals surface area contributed by atoms with Crippen LogP contribution in [0.15, 0.2) is 41.3 Å². The van der Waals surface area contributed by atoms with E-state index in [0.717, 1.165) is 35.5 Å². The lowest BCUT2D eigenvalue weighted by Gasteiger charge is -2.15. The molecule has 0 saturated carbocycles. The van der Waals surface area contributed by atoms with Crippen LogP contribution in [-0.4, -0.2) is 48.5 Å². The summed E-state index contributed by atoms with van der Waals surface area (Å²) in [6.07, 6.45) is 2.25. The zero-order valence-corrected chi connectivity index (χ0v) is 22.8. The number of anilines is 1. The third-order valence-electron chi connectivity index (χ3n) is 7.08. The van der Waals surface area contributed by atoms with Crippen LogP contribution < -0.4 is 5.32 Å². The molecule has 2 aromatic carbocycles. The van der Waals surface area contributed by atoms with Crippen molar-refractivity contribution >= 4 is 56.3 Å². The van der Waals surface area contributed by atoms with E-state index in [4.69, 9.17) is 23.2 Å². The molecule has 1 saturated heterocycles. The molecule has 194 valence electrons. The van der Waals surface area contributed by atoms with Crippen LogP contribution in [0.4, 0.5) is 5.69 Å². The number of fused-ring (bicyclic) bond motifs is 1. The molecule has 1 atom stereocenters. The monoisotopic (exact) mass is 559 g/mol. The van der Waals surface area contributed by atoms with Gasteiger partial charge < -0.3 is 15.4 Å². The molecule has 1 fully saturated rings. The van der Waals surface area contributed by atoms with Crippen molar-refractivity contribution < 1.29 is 18.3 Å². The Kier molecular flexibility index (Phi) is 6.98. The minimum Gasteiger partial charge on any atom is -0.392 e. The van der Waals surface area contributed by atoms with Gasteiger partial charge >= 0.3 is 0 Å². The van der Waals surface area contributed by atoms with Gasteiger partial charge in [-0.25, -0.2) is 8.42 Å². The quantitative estimate of drug-likeness (QED) is 0.370. The van der Waals surface area contributed by atoms with Crippen LogP contribution in [0.25, 0.3) is 11.6 Å². The number of amides is 1. The fourth-order valence-corrected chi connectivity index (χ4v) is 7.09. The predicted molar refractivity (Wildman–Crippen MR) is 146 cm³/mol. The van der Waals surface area contributed by atoms with Crippen LogP contribution in [0, 0.1) is 13.8 Å². The van der Waals surface area contributed by atoms with Gasteiger partial charge in [0, 0.05) is 57.9 Å². The number of aromatic nitrogens is 1. The maximum Gasteiger partial charge on any atom is 0.256 e. The number of nitrogens with zero attached hydrogens (tertiary/aromatic N) is 1. The van der Waals surface area contributed by atoms with Gasteiger partial charge in [0.25, 0.3) is 5.91 Å². The van der Waals surface area contributed by atoms with Crippen molar-refractivity contribution in [1.82, 2.24) is 9.88 Å². The Morgan fingerprint density at radius 3 is 2.54 bits per heavy atom.